The molecule has 1 heterocycles. The van der Waals surface area contributed by atoms with Crippen LogP contribution in [-0.4, -0.2) is 5.97 Å². The molecule has 0 spiro atoms. The minimum atomic E-state index is -0.199. The van der Waals surface area contributed by atoms with Crippen molar-refractivity contribution in [2.75, 3.05) is 0 Å². The highest BCUT2D eigenvalue weighted by Crippen LogP contribution is 2.45. The Hall–Kier alpha value is -1.77. The lowest BCUT2D eigenvalue weighted by atomic mass is 9.79. The van der Waals surface area contributed by atoms with Crippen LogP contribution in [0.5, 0.6) is 5.75 Å². The van der Waals surface area contributed by atoms with Crippen molar-refractivity contribution in [3.63, 3.8) is 0 Å². The molecule has 112 valence electrons. The molecule has 0 amide bonds. The van der Waals surface area contributed by atoms with Crippen molar-refractivity contribution < 1.29 is 13.9 Å². The molecule has 0 saturated heterocycles. The molecule has 0 aliphatic heterocycles. The number of esters is 1. The minimum Gasteiger partial charge on any atom is -0.460 e. The Morgan fingerprint density at radius 3 is 2.90 bits per heavy atom. The van der Waals surface area contributed by atoms with Gasteiger partial charge in [-0.15, -0.1) is 0 Å². The van der Waals surface area contributed by atoms with Crippen LogP contribution in [0.15, 0.2) is 10.7 Å². The number of ether oxygens (including phenoxy) is 1. The highest BCUT2D eigenvalue weighted by atomic mass is 16.5. The topological polar surface area (TPSA) is 39.4 Å². The van der Waals surface area contributed by atoms with Gasteiger partial charge in [0, 0.05) is 17.4 Å². The van der Waals surface area contributed by atoms with Gasteiger partial charge in [-0.05, 0) is 55.7 Å². The summed E-state index contributed by atoms with van der Waals surface area (Å²) >= 11 is 0. The summed E-state index contributed by atoms with van der Waals surface area (Å²) in [6, 6.07) is 0. The molecule has 0 radical (unpaired) electrons. The van der Waals surface area contributed by atoms with Crippen LogP contribution >= 0.6 is 0 Å². The van der Waals surface area contributed by atoms with Gasteiger partial charge in [-0.2, -0.15) is 0 Å². The number of hydrogen-bond donors (Lipinski definition) is 0. The van der Waals surface area contributed by atoms with Crippen LogP contribution in [0.3, 0.4) is 0 Å². The molecule has 3 heteroatoms. The molecule has 1 atom stereocenters. The van der Waals surface area contributed by atoms with Crippen molar-refractivity contribution >= 4 is 16.9 Å². The van der Waals surface area contributed by atoms with Gasteiger partial charge in [0.1, 0.15) is 0 Å². The summed E-state index contributed by atoms with van der Waals surface area (Å²) in [6.45, 7) is 8.29. The van der Waals surface area contributed by atoms with Crippen LogP contribution in [0.2, 0.25) is 0 Å². The molecule has 1 aromatic heterocycles. The number of benzene rings is 1. The number of carbonyl (C=O) groups is 1. The van der Waals surface area contributed by atoms with E-state index in [2.05, 4.69) is 13.8 Å². The molecule has 0 bridgehead atoms. The fourth-order valence-electron chi connectivity index (χ4n) is 3.64. The van der Waals surface area contributed by atoms with E-state index in [0.717, 1.165) is 29.4 Å². The number of furan rings is 1. The third-order valence-electron chi connectivity index (χ3n) is 4.62. The van der Waals surface area contributed by atoms with Gasteiger partial charge >= 0.3 is 5.97 Å². The molecular weight excluding hydrogens is 264 g/mol. The first kappa shape index (κ1) is 14.2. The normalized spacial score (nSPS) is 17.8. The third kappa shape index (κ3) is 2.15. The molecular formula is C18H22O3. The first-order valence-electron chi connectivity index (χ1n) is 7.78. The number of aryl methyl sites for hydroxylation is 2. The average molecular weight is 286 g/mol. The van der Waals surface area contributed by atoms with E-state index >= 15 is 0 Å². The van der Waals surface area contributed by atoms with E-state index in [0.29, 0.717) is 18.1 Å². The summed E-state index contributed by atoms with van der Waals surface area (Å²) in [7, 11) is 0. The maximum Gasteiger partial charge on any atom is 0.311 e. The molecule has 1 aromatic carbocycles. The summed E-state index contributed by atoms with van der Waals surface area (Å²) in [5.74, 6) is 0.971. The van der Waals surface area contributed by atoms with Crippen LogP contribution < -0.4 is 4.74 Å². The zero-order valence-corrected chi connectivity index (χ0v) is 13.2. The average Bonchev–Trinajstić information content (AvgIpc) is 2.85. The molecule has 0 unspecified atom stereocenters. The summed E-state index contributed by atoms with van der Waals surface area (Å²) in [5, 5.41) is 1.11. The number of carbonyl (C=O) groups excluding carboxylic acids is 1. The van der Waals surface area contributed by atoms with Gasteiger partial charge in [0.2, 0.25) is 0 Å². The van der Waals surface area contributed by atoms with Gasteiger partial charge in [0.15, 0.2) is 11.3 Å². The molecule has 3 nitrogen and oxygen atoms in total. The fraction of sp³-hybridized carbons (Fsp3) is 0.500. The lowest BCUT2D eigenvalue weighted by Gasteiger charge is -2.27. The predicted molar refractivity (Wildman–Crippen MR) is 83.0 cm³/mol. The van der Waals surface area contributed by atoms with Gasteiger partial charge in [-0.3, -0.25) is 4.79 Å². The van der Waals surface area contributed by atoms with Gasteiger partial charge < -0.3 is 9.15 Å². The summed E-state index contributed by atoms with van der Waals surface area (Å²) in [5.41, 5.74) is 5.67. The second-order valence-electron chi connectivity index (χ2n) is 6.09. The van der Waals surface area contributed by atoms with Gasteiger partial charge in [-0.1, -0.05) is 13.8 Å². The van der Waals surface area contributed by atoms with Crippen molar-refractivity contribution in [1.29, 1.82) is 0 Å². The zero-order chi connectivity index (χ0) is 15.1. The Morgan fingerprint density at radius 2 is 2.19 bits per heavy atom. The first-order chi connectivity index (χ1) is 10.0. The molecule has 0 saturated carbocycles. The Labute approximate surface area is 125 Å². The summed E-state index contributed by atoms with van der Waals surface area (Å²) < 4.78 is 11.4. The molecule has 3 rings (SSSR count). The standard InChI is InChI=1S/C18H22O3/c1-5-14(19)21-17-13-8-6-7-10(2)15(13)12(4)16-11(3)9-20-18(16)17/h9-10H,5-8H2,1-4H3/t10-/m0/s1. The Morgan fingerprint density at radius 1 is 1.43 bits per heavy atom. The monoisotopic (exact) mass is 286 g/mol. The van der Waals surface area contributed by atoms with Crippen molar-refractivity contribution in [3.05, 3.63) is 28.5 Å². The van der Waals surface area contributed by atoms with E-state index in [1.807, 2.05) is 13.8 Å². The van der Waals surface area contributed by atoms with Crippen LogP contribution in [-0.2, 0) is 11.2 Å². The van der Waals surface area contributed by atoms with E-state index < -0.39 is 0 Å². The predicted octanol–water partition coefficient (Wildman–Crippen LogP) is 4.80. The lowest BCUT2D eigenvalue weighted by Crippen LogP contribution is -2.14. The zero-order valence-electron chi connectivity index (χ0n) is 13.2. The van der Waals surface area contributed by atoms with E-state index in [1.54, 1.807) is 6.26 Å². The highest BCUT2D eigenvalue weighted by Gasteiger charge is 2.28. The number of rotatable bonds is 2. The minimum absolute atomic E-state index is 0.199. The molecule has 1 aliphatic carbocycles. The second-order valence-corrected chi connectivity index (χ2v) is 6.09. The van der Waals surface area contributed by atoms with Gasteiger partial charge in [-0.25, -0.2) is 0 Å². The van der Waals surface area contributed by atoms with Crippen LogP contribution in [0.1, 0.15) is 61.3 Å². The van der Waals surface area contributed by atoms with Crippen LogP contribution in [0.4, 0.5) is 0 Å². The maximum atomic E-state index is 11.8. The van der Waals surface area contributed by atoms with Crippen molar-refractivity contribution in [3.8, 4) is 5.75 Å². The van der Waals surface area contributed by atoms with Crippen molar-refractivity contribution in [1.82, 2.24) is 0 Å². The molecule has 2 aromatic rings. The SMILES string of the molecule is CCC(=O)Oc1c2c(c(C)c3c(C)coc13)[C@@H](C)CCC2. The number of hydrogen-bond acceptors (Lipinski definition) is 3. The van der Waals surface area contributed by atoms with Crippen molar-refractivity contribution in [2.24, 2.45) is 0 Å². The first-order valence-corrected chi connectivity index (χ1v) is 7.78. The van der Waals surface area contributed by atoms with E-state index in [9.17, 15) is 4.79 Å². The number of fused-ring (bicyclic) bond motifs is 2. The molecule has 21 heavy (non-hydrogen) atoms. The third-order valence-corrected chi connectivity index (χ3v) is 4.62. The second kappa shape index (κ2) is 5.21. The van der Waals surface area contributed by atoms with Crippen LogP contribution in [0, 0.1) is 13.8 Å². The van der Waals surface area contributed by atoms with E-state index in [-0.39, 0.29) is 5.97 Å². The molecule has 1 aliphatic rings. The van der Waals surface area contributed by atoms with Crippen LogP contribution in [0.25, 0.3) is 11.0 Å². The molecule has 0 N–H and O–H groups in total. The smallest absolute Gasteiger partial charge is 0.311 e. The van der Waals surface area contributed by atoms with E-state index in [1.165, 1.54) is 23.1 Å². The fourth-order valence-corrected chi connectivity index (χ4v) is 3.64. The highest BCUT2D eigenvalue weighted by molar-refractivity contribution is 5.93. The van der Waals surface area contributed by atoms with Crippen molar-refractivity contribution in [2.45, 2.75) is 59.3 Å². The van der Waals surface area contributed by atoms with Gasteiger partial charge in [0.25, 0.3) is 0 Å². The lowest BCUT2D eigenvalue weighted by molar-refractivity contribution is -0.134. The molecule has 0 fully saturated rings. The van der Waals surface area contributed by atoms with E-state index in [4.69, 9.17) is 9.15 Å². The Kier molecular flexibility index (Phi) is 3.52. The summed E-state index contributed by atoms with van der Waals surface area (Å²) in [6.07, 6.45) is 5.42. The Bertz CT molecular complexity index is 709. The summed E-state index contributed by atoms with van der Waals surface area (Å²) in [4.78, 5) is 11.8. The quantitative estimate of drug-likeness (QED) is 0.587. The van der Waals surface area contributed by atoms with Gasteiger partial charge in [0.05, 0.1) is 6.26 Å². The largest absolute Gasteiger partial charge is 0.460 e. The Balaban J connectivity index is 2.33. The maximum absolute atomic E-state index is 11.8.